The average Bonchev–Trinajstić information content (AvgIpc) is 2.90. The van der Waals surface area contributed by atoms with Crippen LogP contribution in [-0.2, 0) is 9.47 Å². The highest BCUT2D eigenvalue weighted by atomic mass is 16.6. The maximum atomic E-state index is 12.7. The summed E-state index contributed by atoms with van der Waals surface area (Å²) in [6.07, 6.45) is 0.979. The fourth-order valence-electron chi connectivity index (χ4n) is 2.29. The van der Waals surface area contributed by atoms with E-state index >= 15 is 0 Å². The maximum absolute atomic E-state index is 12.7. The van der Waals surface area contributed by atoms with E-state index in [-0.39, 0.29) is 12.3 Å². The van der Waals surface area contributed by atoms with Gasteiger partial charge in [-0.05, 0) is 45.9 Å². The van der Waals surface area contributed by atoms with Crippen LogP contribution in [0.1, 0.15) is 38.2 Å². The van der Waals surface area contributed by atoms with Crippen molar-refractivity contribution >= 4 is 23.0 Å². The molecule has 1 aromatic carbocycles. The number of rotatable bonds is 5. The van der Waals surface area contributed by atoms with E-state index in [0.717, 1.165) is 0 Å². The summed E-state index contributed by atoms with van der Waals surface area (Å²) >= 11 is 0. The first-order chi connectivity index (χ1) is 11.8. The van der Waals surface area contributed by atoms with Crippen LogP contribution < -0.4 is 4.74 Å². The predicted octanol–water partition coefficient (Wildman–Crippen LogP) is 4.17. The molecular weight excluding hydrogens is 322 g/mol. The van der Waals surface area contributed by atoms with E-state index in [1.165, 1.54) is 4.57 Å². The number of benzene rings is 1. The molecule has 0 N–H and O–H groups in total. The molecule has 0 aliphatic carbocycles. The number of esters is 1. The summed E-state index contributed by atoms with van der Waals surface area (Å²) < 4.78 is 17.2. The van der Waals surface area contributed by atoms with E-state index in [9.17, 15) is 9.59 Å². The van der Waals surface area contributed by atoms with Gasteiger partial charge in [-0.1, -0.05) is 12.7 Å². The van der Waals surface area contributed by atoms with Gasteiger partial charge in [-0.3, -0.25) is 0 Å². The number of fused-ring (bicyclic) bond motifs is 1. The van der Waals surface area contributed by atoms with Crippen molar-refractivity contribution in [2.24, 2.45) is 0 Å². The molecule has 2 aromatic rings. The molecule has 0 spiro atoms. The lowest BCUT2D eigenvalue weighted by Crippen LogP contribution is -2.29. The fourth-order valence-corrected chi connectivity index (χ4v) is 2.29. The SMILES string of the molecule is C=CCOc1ccc2cc(C(=O)OCC)n(C(=O)OC(C)(C)C)c2c1. The minimum Gasteiger partial charge on any atom is -0.489 e. The van der Waals surface area contributed by atoms with Crippen LogP contribution in [0.2, 0.25) is 0 Å². The smallest absolute Gasteiger partial charge is 0.419 e. The van der Waals surface area contributed by atoms with Gasteiger partial charge in [-0.2, -0.15) is 0 Å². The Kier molecular flexibility index (Phi) is 5.51. The Balaban J connectivity index is 2.57. The van der Waals surface area contributed by atoms with E-state index < -0.39 is 17.7 Å². The lowest BCUT2D eigenvalue weighted by molar-refractivity contribution is 0.0454. The van der Waals surface area contributed by atoms with Crippen molar-refractivity contribution in [1.29, 1.82) is 0 Å². The number of carbonyl (C=O) groups is 2. The first kappa shape index (κ1) is 18.6. The zero-order chi connectivity index (χ0) is 18.6. The van der Waals surface area contributed by atoms with Crippen molar-refractivity contribution in [2.45, 2.75) is 33.3 Å². The number of ether oxygens (including phenoxy) is 3. The van der Waals surface area contributed by atoms with Gasteiger partial charge in [0.1, 0.15) is 23.7 Å². The highest BCUT2D eigenvalue weighted by molar-refractivity contribution is 6.01. The number of hydrogen-bond acceptors (Lipinski definition) is 5. The van der Waals surface area contributed by atoms with Crippen LogP contribution in [0, 0.1) is 0 Å². The molecule has 0 amide bonds. The Morgan fingerprint density at radius 1 is 1.24 bits per heavy atom. The molecule has 134 valence electrons. The molecule has 0 bridgehead atoms. The monoisotopic (exact) mass is 345 g/mol. The summed E-state index contributed by atoms with van der Waals surface area (Å²) in [7, 11) is 0. The summed E-state index contributed by atoms with van der Waals surface area (Å²) in [5.74, 6) is -0.0242. The molecular formula is C19H23NO5. The summed E-state index contributed by atoms with van der Waals surface area (Å²) in [6.45, 7) is 11.2. The van der Waals surface area contributed by atoms with E-state index in [4.69, 9.17) is 14.2 Å². The third-order valence-electron chi connectivity index (χ3n) is 3.20. The lowest BCUT2D eigenvalue weighted by atomic mass is 10.2. The number of nitrogens with zero attached hydrogens (tertiary/aromatic N) is 1. The molecule has 6 nitrogen and oxygen atoms in total. The Morgan fingerprint density at radius 3 is 2.56 bits per heavy atom. The van der Waals surface area contributed by atoms with Gasteiger partial charge in [0, 0.05) is 11.5 Å². The van der Waals surface area contributed by atoms with Crippen LogP contribution in [0.5, 0.6) is 5.75 Å². The molecule has 2 rings (SSSR count). The molecule has 25 heavy (non-hydrogen) atoms. The van der Waals surface area contributed by atoms with Crippen LogP contribution in [-0.4, -0.2) is 35.4 Å². The fraction of sp³-hybridized carbons (Fsp3) is 0.368. The Hall–Kier alpha value is -2.76. The Morgan fingerprint density at radius 2 is 1.96 bits per heavy atom. The minimum absolute atomic E-state index is 0.118. The summed E-state index contributed by atoms with van der Waals surface area (Å²) in [6, 6.07) is 6.83. The van der Waals surface area contributed by atoms with Crippen LogP contribution in [0.15, 0.2) is 36.9 Å². The first-order valence-electron chi connectivity index (χ1n) is 8.06. The number of aromatic nitrogens is 1. The number of carbonyl (C=O) groups excluding carboxylic acids is 2. The van der Waals surface area contributed by atoms with Crippen LogP contribution in [0.4, 0.5) is 4.79 Å². The van der Waals surface area contributed by atoms with Gasteiger partial charge >= 0.3 is 12.1 Å². The first-order valence-corrected chi connectivity index (χ1v) is 8.06. The molecule has 0 unspecified atom stereocenters. The van der Waals surface area contributed by atoms with Gasteiger partial charge < -0.3 is 14.2 Å². The third kappa shape index (κ3) is 4.41. The van der Waals surface area contributed by atoms with Crippen molar-refractivity contribution in [3.8, 4) is 5.75 Å². The van der Waals surface area contributed by atoms with Gasteiger partial charge in [0.15, 0.2) is 0 Å². The van der Waals surface area contributed by atoms with Gasteiger partial charge in [-0.15, -0.1) is 0 Å². The summed E-state index contributed by atoms with van der Waals surface area (Å²) in [5, 5.41) is 0.708. The summed E-state index contributed by atoms with van der Waals surface area (Å²) in [4.78, 5) is 24.9. The second kappa shape index (κ2) is 7.42. The molecule has 0 aliphatic rings. The van der Waals surface area contributed by atoms with Crippen LogP contribution in [0.3, 0.4) is 0 Å². The van der Waals surface area contributed by atoms with Gasteiger partial charge in [0.2, 0.25) is 0 Å². The third-order valence-corrected chi connectivity index (χ3v) is 3.20. The van der Waals surface area contributed by atoms with E-state index in [1.807, 2.05) is 0 Å². The van der Waals surface area contributed by atoms with Crippen molar-refractivity contribution in [3.05, 3.63) is 42.6 Å². The molecule has 0 saturated heterocycles. The minimum atomic E-state index is -0.698. The normalized spacial score (nSPS) is 11.2. The molecule has 0 atom stereocenters. The Bertz CT molecular complexity index is 798. The molecule has 0 saturated carbocycles. The zero-order valence-corrected chi connectivity index (χ0v) is 15.0. The van der Waals surface area contributed by atoms with Crippen molar-refractivity contribution < 1.29 is 23.8 Å². The van der Waals surface area contributed by atoms with E-state index in [0.29, 0.717) is 23.3 Å². The molecule has 0 aliphatic heterocycles. The zero-order valence-electron chi connectivity index (χ0n) is 15.0. The largest absolute Gasteiger partial charge is 0.489 e. The quantitative estimate of drug-likeness (QED) is 0.601. The molecule has 1 aromatic heterocycles. The maximum Gasteiger partial charge on any atom is 0.419 e. The topological polar surface area (TPSA) is 66.8 Å². The molecule has 0 radical (unpaired) electrons. The lowest BCUT2D eigenvalue weighted by Gasteiger charge is -2.20. The van der Waals surface area contributed by atoms with Crippen LogP contribution in [0.25, 0.3) is 10.9 Å². The standard InChI is InChI=1S/C19H23NO5/c1-6-10-24-14-9-8-13-11-16(17(21)23-7-2)20(15(13)12-14)18(22)25-19(3,4)5/h6,8-9,11-12H,1,7,10H2,2-5H3. The van der Waals surface area contributed by atoms with Crippen molar-refractivity contribution in [1.82, 2.24) is 4.57 Å². The second-order valence-corrected chi connectivity index (χ2v) is 6.39. The predicted molar refractivity (Wildman–Crippen MR) is 95.2 cm³/mol. The molecule has 1 heterocycles. The molecule has 6 heteroatoms. The van der Waals surface area contributed by atoms with Crippen molar-refractivity contribution in [2.75, 3.05) is 13.2 Å². The van der Waals surface area contributed by atoms with Crippen molar-refractivity contribution in [3.63, 3.8) is 0 Å². The highest BCUT2D eigenvalue weighted by Crippen LogP contribution is 2.26. The van der Waals surface area contributed by atoms with Crippen LogP contribution >= 0.6 is 0 Å². The van der Waals surface area contributed by atoms with Gasteiger partial charge in [-0.25, -0.2) is 14.2 Å². The Labute approximate surface area is 147 Å². The molecule has 0 fully saturated rings. The van der Waals surface area contributed by atoms with E-state index in [1.54, 1.807) is 58.0 Å². The van der Waals surface area contributed by atoms with Gasteiger partial charge in [0.25, 0.3) is 0 Å². The second-order valence-electron chi connectivity index (χ2n) is 6.39. The summed E-state index contributed by atoms with van der Waals surface area (Å²) in [5.41, 5.74) is -0.0675. The van der Waals surface area contributed by atoms with E-state index in [2.05, 4.69) is 6.58 Å². The van der Waals surface area contributed by atoms with Gasteiger partial charge in [0.05, 0.1) is 12.1 Å². The highest BCUT2D eigenvalue weighted by Gasteiger charge is 2.26. The number of hydrogen-bond donors (Lipinski definition) is 0. The average molecular weight is 345 g/mol.